The van der Waals surface area contributed by atoms with Crippen molar-refractivity contribution in [2.45, 2.75) is 68.6 Å². The first-order valence-corrected chi connectivity index (χ1v) is 12.7. The minimum absolute atomic E-state index is 0.140. The van der Waals surface area contributed by atoms with Gasteiger partial charge in [-0.25, -0.2) is 4.79 Å². The van der Waals surface area contributed by atoms with Gasteiger partial charge in [-0.2, -0.15) is 0 Å². The molecule has 0 aromatic heterocycles. The molecule has 0 fully saturated rings. The molecule has 8 heteroatoms. The molecule has 1 aromatic rings. The van der Waals surface area contributed by atoms with Crippen molar-refractivity contribution in [3.05, 3.63) is 24.3 Å². The fourth-order valence-corrected chi connectivity index (χ4v) is 5.03. The molecule has 0 heterocycles. The maximum absolute atomic E-state index is 11.9. The molecule has 2 amide bonds. The SMILES string of the molecule is C#CCCCCNC(=O)Nc1ccc(SC(CCP(O)O)CC(C)C(O)CC)cc1. The molecule has 168 valence electrons. The molecular weight excluding hydrogens is 419 g/mol. The molecule has 0 aliphatic carbocycles. The summed E-state index contributed by atoms with van der Waals surface area (Å²) in [6.07, 6.45) is 9.86. The second-order valence-electron chi connectivity index (χ2n) is 7.38. The van der Waals surface area contributed by atoms with E-state index >= 15 is 0 Å². The van der Waals surface area contributed by atoms with Gasteiger partial charge in [0.2, 0.25) is 0 Å². The maximum atomic E-state index is 11.9. The van der Waals surface area contributed by atoms with Crippen molar-refractivity contribution < 1.29 is 19.7 Å². The zero-order valence-corrected chi connectivity index (χ0v) is 19.6. The monoisotopic (exact) mass is 454 g/mol. The summed E-state index contributed by atoms with van der Waals surface area (Å²) >= 11 is 1.67. The van der Waals surface area contributed by atoms with Gasteiger partial charge in [0.15, 0.2) is 8.38 Å². The van der Waals surface area contributed by atoms with Crippen molar-refractivity contribution in [1.29, 1.82) is 0 Å². The molecule has 30 heavy (non-hydrogen) atoms. The quantitative estimate of drug-likeness (QED) is 0.123. The molecule has 1 aromatic carbocycles. The molecule has 0 radical (unpaired) electrons. The second kappa shape index (κ2) is 15.5. The van der Waals surface area contributed by atoms with E-state index in [-0.39, 0.29) is 23.3 Å². The van der Waals surface area contributed by atoms with Gasteiger partial charge in [-0.3, -0.25) is 0 Å². The number of amides is 2. The minimum Gasteiger partial charge on any atom is -0.393 e. The number of aliphatic hydroxyl groups excluding tert-OH is 1. The van der Waals surface area contributed by atoms with E-state index < -0.39 is 8.38 Å². The van der Waals surface area contributed by atoms with Crippen molar-refractivity contribution in [2.75, 3.05) is 18.0 Å². The van der Waals surface area contributed by atoms with Crippen LogP contribution < -0.4 is 10.6 Å². The Labute approximate surface area is 186 Å². The summed E-state index contributed by atoms with van der Waals surface area (Å²) in [5.74, 6) is 2.72. The third-order valence-electron chi connectivity index (χ3n) is 4.81. The molecule has 0 aliphatic heterocycles. The average molecular weight is 455 g/mol. The lowest BCUT2D eigenvalue weighted by molar-refractivity contribution is 0.107. The first-order valence-electron chi connectivity index (χ1n) is 10.4. The highest BCUT2D eigenvalue weighted by Crippen LogP contribution is 2.35. The Morgan fingerprint density at radius 3 is 2.57 bits per heavy atom. The van der Waals surface area contributed by atoms with Gasteiger partial charge >= 0.3 is 6.03 Å². The van der Waals surface area contributed by atoms with Crippen LogP contribution in [-0.4, -0.2) is 45.0 Å². The number of unbranched alkanes of at least 4 members (excludes halogenated alkanes) is 2. The topological polar surface area (TPSA) is 102 Å². The Bertz CT molecular complexity index is 652. The van der Waals surface area contributed by atoms with Crippen molar-refractivity contribution in [1.82, 2.24) is 5.32 Å². The number of hydrogen-bond acceptors (Lipinski definition) is 5. The Hall–Kier alpha value is -1.29. The molecule has 0 saturated carbocycles. The Kier molecular flexibility index (Phi) is 13.8. The van der Waals surface area contributed by atoms with E-state index in [1.807, 2.05) is 38.1 Å². The predicted molar refractivity (Wildman–Crippen MR) is 127 cm³/mol. The lowest BCUT2D eigenvalue weighted by atomic mass is 9.96. The second-order valence-corrected chi connectivity index (χ2v) is 9.95. The van der Waals surface area contributed by atoms with E-state index in [1.165, 1.54) is 0 Å². The Balaban J connectivity index is 2.56. The van der Waals surface area contributed by atoms with Crippen molar-refractivity contribution >= 4 is 31.9 Å². The number of benzene rings is 1. The van der Waals surface area contributed by atoms with Crippen LogP contribution in [-0.2, 0) is 0 Å². The summed E-state index contributed by atoms with van der Waals surface area (Å²) in [5.41, 5.74) is 0.709. The Morgan fingerprint density at radius 2 is 1.97 bits per heavy atom. The highest BCUT2D eigenvalue weighted by atomic mass is 32.2. The van der Waals surface area contributed by atoms with Gasteiger partial charge in [0.25, 0.3) is 0 Å². The highest BCUT2D eigenvalue weighted by molar-refractivity contribution is 8.00. The maximum Gasteiger partial charge on any atom is 0.319 e. The lowest BCUT2D eigenvalue weighted by Gasteiger charge is -2.24. The van der Waals surface area contributed by atoms with E-state index in [2.05, 4.69) is 16.6 Å². The number of rotatable bonds is 14. The van der Waals surface area contributed by atoms with Crippen LogP contribution in [0, 0.1) is 18.3 Å². The summed E-state index contributed by atoms with van der Waals surface area (Å²) in [6.45, 7) is 4.58. The third-order valence-corrected chi connectivity index (χ3v) is 6.77. The van der Waals surface area contributed by atoms with Crippen LogP contribution in [0.15, 0.2) is 29.2 Å². The number of terminal acetylenes is 1. The fraction of sp³-hybridized carbons (Fsp3) is 0.591. The van der Waals surface area contributed by atoms with Crippen LogP contribution >= 0.6 is 20.1 Å². The molecule has 0 bridgehead atoms. The zero-order valence-electron chi connectivity index (χ0n) is 17.9. The average Bonchev–Trinajstić information content (AvgIpc) is 2.72. The summed E-state index contributed by atoms with van der Waals surface area (Å²) in [6, 6.07) is 7.36. The first kappa shape index (κ1) is 26.7. The summed E-state index contributed by atoms with van der Waals surface area (Å²) < 4.78 is 0. The summed E-state index contributed by atoms with van der Waals surface area (Å²) in [4.78, 5) is 31.6. The van der Waals surface area contributed by atoms with Crippen molar-refractivity contribution in [3.8, 4) is 12.3 Å². The standard InChI is InChI=1S/C22H35N2O4PS/c1-4-6-7-8-14-23-22(26)24-18-9-11-19(12-10-18)30-20(13-15-29(27)28)16-17(3)21(25)5-2/h1,9-12,17,20-21,25,27-28H,5-8,13-16H2,2-3H3,(H2,23,24,26). The number of nitrogens with one attached hydrogen (secondary N) is 2. The molecule has 3 unspecified atom stereocenters. The van der Waals surface area contributed by atoms with Crippen molar-refractivity contribution in [2.24, 2.45) is 5.92 Å². The Morgan fingerprint density at radius 1 is 1.27 bits per heavy atom. The van der Waals surface area contributed by atoms with Crippen LogP contribution in [0.4, 0.5) is 10.5 Å². The van der Waals surface area contributed by atoms with Gasteiger partial charge in [-0.15, -0.1) is 24.1 Å². The number of thioether (sulfide) groups is 1. The van der Waals surface area contributed by atoms with Gasteiger partial charge in [-0.1, -0.05) is 13.8 Å². The molecule has 0 aliphatic rings. The van der Waals surface area contributed by atoms with Crippen LogP contribution in [0.2, 0.25) is 0 Å². The van der Waals surface area contributed by atoms with Gasteiger partial charge < -0.3 is 25.5 Å². The van der Waals surface area contributed by atoms with Gasteiger partial charge in [0.1, 0.15) is 0 Å². The van der Waals surface area contributed by atoms with Crippen LogP contribution in [0.3, 0.4) is 0 Å². The van der Waals surface area contributed by atoms with Gasteiger partial charge in [-0.05, 0) is 62.3 Å². The smallest absolute Gasteiger partial charge is 0.319 e. The van der Waals surface area contributed by atoms with Gasteiger partial charge in [0.05, 0.1) is 6.10 Å². The molecule has 6 nitrogen and oxygen atoms in total. The largest absolute Gasteiger partial charge is 0.393 e. The number of carbonyl (C=O) groups excluding carboxylic acids is 1. The minimum atomic E-state index is -1.92. The number of aliphatic hydroxyl groups is 1. The van der Waals surface area contributed by atoms with E-state index in [4.69, 9.17) is 6.42 Å². The van der Waals surface area contributed by atoms with Gasteiger partial charge in [0, 0.05) is 35.0 Å². The first-order chi connectivity index (χ1) is 14.3. The van der Waals surface area contributed by atoms with Crippen LogP contribution in [0.5, 0.6) is 0 Å². The number of carbonyl (C=O) groups is 1. The van der Waals surface area contributed by atoms with E-state index in [0.29, 0.717) is 31.2 Å². The number of hydrogen-bond donors (Lipinski definition) is 5. The molecule has 3 atom stereocenters. The molecule has 0 spiro atoms. The summed E-state index contributed by atoms with van der Waals surface area (Å²) in [5, 5.41) is 15.9. The number of urea groups is 1. The molecule has 5 N–H and O–H groups in total. The molecule has 1 rings (SSSR count). The van der Waals surface area contributed by atoms with E-state index in [0.717, 1.165) is 30.6 Å². The van der Waals surface area contributed by atoms with Crippen LogP contribution in [0.25, 0.3) is 0 Å². The zero-order chi connectivity index (χ0) is 22.4. The van der Waals surface area contributed by atoms with E-state index in [9.17, 15) is 19.7 Å². The fourth-order valence-electron chi connectivity index (χ4n) is 3.00. The van der Waals surface area contributed by atoms with E-state index in [1.54, 1.807) is 11.8 Å². The molecule has 0 saturated heterocycles. The number of anilines is 1. The highest BCUT2D eigenvalue weighted by Gasteiger charge is 2.20. The normalized spacial score (nSPS) is 14.0. The lowest BCUT2D eigenvalue weighted by Crippen LogP contribution is -2.29. The molecular formula is C22H35N2O4PS. The summed E-state index contributed by atoms with van der Waals surface area (Å²) in [7, 11) is -1.92. The predicted octanol–water partition coefficient (Wildman–Crippen LogP) is 4.56. The third kappa shape index (κ3) is 11.8. The van der Waals surface area contributed by atoms with Crippen molar-refractivity contribution in [3.63, 3.8) is 0 Å². The van der Waals surface area contributed by atoms with Crippen LogP contribution in [0.1, 0.15) is 52.4 Å².